The number of nitriles is 1. The number of likely N-dealkylation sites (tertiary alicyclic amines) is 1. The first kappa shape index (κ1) is 27.0. The second kappa shape index (κ2) is 11.7. The van der Waals surface area contributed by atoms with Crippen molar-refractivity contribution in [2.45, 2.75) is 44.2 Å². The van der Waals surface area contributed by atoms with Crippen molar-refractivity contribution in [2.75, 3.05) is 44.2 Å². The van der Waals surface area contributed by atoms with E-state index in [1.165, 1.54) is 12.8 Å². The number of aromatic nitrogens is 2. The van der Waals surface area contributed by atoms with Crippen molar-refractivity contribution in [1.29, 1.82) is 5.26 Å². The van der Waals surface area contributed by atoms with Gasteiger partial charge in [-0.25, -0.2) is 4.98 Å². The molecule has 10 nitrogen and oxygen atoms in total. The standard InChI is InChI=1S/C31H36N8O2/c1-31(36-30(40)27-6-2-3-11-33-27)9-14-38(15-10-31)28-8-7-23(20-34-28)26-18-25(41-17-16-37-12-4-5-13-37)22-39-29(26)24(19-32)21-35-39/h2-3,6-8,11,18,20-22,24,29H,4-5,9-10,12-17H2,1H3,(H,36,40). The molecular formula is C31H36N8O2. The summed E-state index contributed by atoms with van der Waals surface area (Å²) in [7, 11) is 0. The summed E-state index contributed by atoms with van der Waals surface area (Å²) < 4.78 is 6.15. The highest BCUT2D eigenvalue weighted by atomic mass is 16.5. The van der Waals surface area contributed by atoms with Gasteiger partial charge in [-0.3, -0.25) is 19.7 Å². The van der Waals surface area contributed by atoms with Crippen molar-refractivity contribution in [1.82, 2.24) is 25.2 Å². The van der Waals surface area contributed by atoms with Crippen molar-refractivity contribution in [3.63, 3.8) is 0 Å². The molecule has 2 saturated heterocycles. The Labute approximate surface area is 241 Å². The number of hydrazone groups is 1. The first-order valence-electron chi connectivity index (χ1n) is 14.5. The van der Waals surface area contributed by atoms with Crippen molar-refractivity contribution in [3.05, 3.63) is 72.0 Å². The number of nitrogens with one attached hydrogen (secondary N) is 1. The normalized spacial score (nSPS) is 23.4. The SMILES string of the molecule is CC1(NC(=O)c2ccccn2)CCN(c2ccc(C3=CC(OCCN4CCCC4)=CN4N=CC(C#N)C34)cn2)CC1. The molecule has 0 aliphatic carbocycles. The predicted molar refractivity (Wildman–Crippen MR) is 157 cm³/mol. The topological polar surface area (TPSA) is 110 Å². The summed E-state index contributed by atoms with van der Waals surface area (Å²) in [6.07, 6.45) is 13.3. The van der Waals surface area contributed by atoms with Crippen molar-refractivity contribution in [2.24, 2.45) is 11.0 Å². The van der Waals surface area contributed by atoms with E-state index in [2.05, 4.69) is 44.3 Å². The lowest BCUT2D eigenvalue weighted by atomic mass is 9.88. The summed E-state index contributed by atoms with van der Waals surface area (Å²) in [5, 5.41) is 19.3. The van der Waals surface area contributed by atoms with E-state index in [9.17, 15) is 10.1 Å². The number of pyridine rings is 2. The monoisotopic (exact) mass is 552 g/mol. The number of carbonyl (C=O) groups is 1. The highest BCUT2D eigenvalue weighted by Gasteiger charge is 2.37. The molecule has 212 valence electrons. The van der Waals surface area contributed by atoms with Gasteiger partial charge in [-0.05, 0) is 87.2 Å². The molecule has 6 heterocycles. The van der Waals surface area contributed by atoms with Gasteiger partial charge in [0.1, 0.15) is 29.8 Å². The van der Waals surface area contributed by atoms with E-state index in [0.717, 1.165) is 68.3 Å². The lowest BCUT2D eigenvalue weighted by Gasteiger charge is -2.40. The first-order chi connectivity index (χ1) is 20.0. The smallest absolute Gasteiger partial charge is 0.270 e. The number of nitrogens with zero attached hydrogens (tertiary/aromatic N) is 7. The lowest BCUT2D eigenvalue weighted by molar-refractivity contribution is 0.0886. The van der Waals surface area contributed by atoms with E-state index in [1.54, 1.807) is 24.5 Å². The molecule has 2 atom stereocenters. The molecule has 0 aromatic carbocycles. The molecule has 2 unspecified atom stereocenters. The average molecular weight is 553 g/mol. The van der Waals surface area contributed by atoms with Crippen LogP contribution in [0.5, 0.6) is 0 Å². The van der Waals surface area contributed by atoms with E-state index < -0.39 is 0 Å². The predicted octanol–water partition coefficient (Wildman–Crippen LogP) is 3.43. The Hall–Kier alpha value is -4.23. The molecule has 2 aromatic rings. The molecule has 41 heavy (non-hydrogen) atoms. The van der Waals surface area contributed by atoms with Crippen LogP contribution in [0.4, 0.5) is 5.82 Å². The Bertz CT molecular complexity index is 1370. The van der Waals surface area contributed by atoms with Crippen LogP contribution in [-0.2, 0) is 4.74 Å². The molecule has 4 aliphatic heterocycles. The molecule has 2 fully saturated rings. The van der Waals surface area contributed by atoms with Crippen molar-refractivity contribution >= 4 is 23.5 Å². The highest BCUT2D eigenvalue weighted by Crippen LogP contribution is 2.36. The fraction of sp³-hybridized carbons (Fsp3) is 0.452. The van der Waals surface area contributed by atoms with Crippen LogP contribution in [0.25, 0.3) is 5.57 Å². The Balaban J connectivity index is 1.11. The fourth-order valence-corrected chi connectivity index (χ4v) is 5.99. The van der Waals surface area contributed by atoms with Crippen molar-refractivity contribution in [3.8, 4) is 6.07 Å². The van der Waals surface area contributed by atoms with E-state index in [-0.39, 0.29) is 23.4 Å². The van der Waals surface area contributed by atoms with Gasteiger partial charge in [-0.2, -0.15) is 10.4 Å². The van der Waals surface area contributed by atoms with E-state index in [1.807, 2.05) is 35.6 Å². The third-order valence-corrected chi connectivity index (χ3v) is 8.47. The molecular weight excluding hydrogens is 516 g/mol. The summed E-state index contributed by atoms with van der Waals surface area (Å²) >= 11 is 0. The van der Waals surface area contributed by atoms with Gasteiger partial charge < -0.3 is 15.0 Å². The zero-order valence-electron chi connectivity index (χ0n) is 23.4. The van der Waals surface area contributed by atoms with Gasteiger partial charge >= 0.3 is 0 Å². The molecule has 4 aliphatic rings. The number of carbonyl (C=O) groups excluding carboxylic acids is 1. The van der Waals surface area contributed by atoms with Crippen LogP contribution in [-0.4, -0.2) is 82.9 Å². The van der Waals surface area contributed by atoms with Gasteiger partial charge in [0.05, 0.1) is 18.3 Å². The Morgan fingerprint density at radius 3 is 2.68 bits per heavy atom. The second-order valence-electron chi connectivity index (χ2n) is 11.4. The van der Waals surface area contributed by atoms with Crippen LogP contribution < -0.4 is 10.2 Å². The summed E-state index contributed by atoms with van der Waals surface area (Å²) in [5.74, 6) is 1.17. The van der Waals surface area contributed by atoms with Gasteiger partial charge in [0.15, 0.2) is 0 Å². The molecule has 2 aromatic heterocycles. The number of amides is 1. The van der Waals surface area contributed by atoms with E-state index in [0.29, 0.717) is 12.3 Å². The van der Waals surface area contributed by atoms with Gasteiger partial charge in [0, 0.05) is 43.8 Å². The zero-order valence-corrected chi connectivity index (χ0v) is 23.4. The summed E-state index contributed by atoms with van der Waals surface area (Å²) in [6.45, 7) is 7.47. The Morgan fingerprint density at radius 1 is 1.15 bits per heavy atom. The maximum atomic E-state index is 12.7. The lowest BCUT2D eigenvalue weighted by Crippen LogP contribution is -2.53. The highest BCUT2D eigenvalue weighted by molar-refractivity contribution is 5.92. The summed E-state index contributed by atoms with van der Waals surface area (Å²) in [4.78, 5) is 26.3. The molecule has 10 heteroatoms. The fourth-order valence-electron chi connectivity index (χ4n) is 5.99. The molecule has 6 rings (SSSR count). The number of anilines is 1. The number of hydrogen-bond acceptors (Lipinski definition) is 9. The van der Waals surface area contributed by atoms with Gasteiger partial charge in [-0.1, -0.05) is 6.07 Å². The zero-order chi connectivity index (χ0) is 28.2. The minimum Gasteiger partial charge on any atom is -0.491 e. The third-order valence-electron chi connectivity index (χ3n) is 8.47. The Morgan fingerprint density at radius 2 is 1.98 bits per heavy atom. The van der Waals surface area contributed by atoms with Gasteiger partial charge in [-0.15, -0.1) is 0 Å². The third kappa shape index (κ3) is 5.95. The van der Waals surface area contributed by atoms with E-state index >= 15 is 0 Å². The maximum Gasteiger partial charge on any atom is 0.270 e. The molecule has 0 radical (unpaired) electrons. The molecule has 0 spiro atoms. The number of hydrogen-bond donors (Lipinski definition) is 1. The Kier molecular flexibility index (Phi) is 7.70. The molecule has 1 N–H and O–H groups in total. The number of fused-ring (bicyclic) bond motifs is 1. The van der Waals surface area contributed by atoms with Gasteiger partial charge in [0.25, 0.3) is 5.91 Å². The van der Waals surface area contributed by atoms with Gasteiger partial charge in [0.2, 0.25) is 0 Å². The number of ether oxygens (including phenoxy) is 1. The first-order valence-corrected chi connectivity index (χ1v) is 14.5. The van der Waals surface area contributed by atoms with Crippen LogP contribution in [0.2, 0.25) is 0 Å². The molecule has 0 bridgehead atoms. The number of allylic oxidation sites excluding steroid dienone is 1. The minimum atomic E-state index is -0.343. The molecule has 0 saturated carbocycles. The quantitative estimate of drug-likeness (QED) is 0.531. The number of piperidine rings is 1. The maximum absolute atomic E-state index is 12.7. The van der Waals surface area contributed by atoms with Crippen LogP contribution in [0, 0.1) is 17.2 Å². The molecule has 1 amide bonds. The van der Waals surface area contributed by atoms with Crippen LogP contribution in [0.3, 0.4) is 0 Å². The van der Waals surface area contributed by atoms with Crippen LogP contribution in [0.15, 0.2) is 65.9 Å². The average Bonchev–Trinajstić information content (AvgIpc) is 3.68. The largest absolute Gasteiger partial charge is 0.491 e. The summed E-state index contributed by atoms with van der Waals surface area (Å²) in [5.41, 5.74) is 2.07. The minimum absolute atomic E-state index is 0.140. The van der Waals surface area contributed by atoms with Crippen LogP contribution in [0.1, 0.15) is 48.7 Å². The van der Waals surface area contributed by atoms with E-state index in [4.69, 9.17) is 9.72 Å². The van der Waals surface area contributed by atoms with Crippen LogP contribution >= 0.6 is 0 Å². The second-order valence-corrected chi connectivity index (χ2v) is 11.4. The summed E-state index contributed by atoms with van der Waals surface area (Å²) in [6, 6.07) is 11.7. The van der Waals surface area contributed by atoms with Crippen molar-refractivity contribution < 1.29 is 9.53 Å². The number of rotatable bonds is 8.